The highest BCUT2D eigenvalue weighted by atomic mass is 16.6. The Bertz CT molecular complexity index is 1430. The minimum atomic E-state index is -1.00. The first-order valence-corrected chi connectivity index (χ1v) is 12.7. The van der Waals surface area contributed by atoms with Gasteiger partial charge in [0.15, 0.2) is 6.04 Å². The van der Waals surface area contributed by atoms with Gasteiger partial charge in [-0.15, -0.1) is 5.10 Å². The van der Waals surface area contributed by atoms with Crippen molar-refractivity contribution in [3.05, 3.63) is 89.5 Å². The topological polar surface area (TPSA) is 86.5 Å². The molecule has 0 radical (unpaired) electrons. The van der Waals surface area contributed by atoms with E-state index in [1.165, 1.54) is 0 Å². The van der Waals surface area contributed by atoms with Crippen LogP contribution in [0.25, 0.3) is 11.0 Å². The Kier molecular flexibility index (Phi) is 8.10. The van der Waals surface area contributed by atoms with E-state index in [0.29, 0.717) is 23.3 Å². The highest BCUT2D eigenvalue weighted by Gasteiger charge is 2.36. The zero-order chi connectivity index (χ0) is 27.3. The number of rotatable bonds is 10. The lowest BCUT2D eigenvalue weighted by molar-refractivity contribution is -0.167. The average Bonchev–Trinajstić information content (AvgIpc) is 3.32. The van der Waals surface area contributed by atoms with E-state index in [1.54, 1.807) is 34.9 Å². The normalized spacial score (nSPS) is 12.2. The molecule has 0 unspecified atom stereocenters. The van der Waals surface area contributed by atoms with Crippen molar-refractivity contribution in [3.8, 4) is 5.75 Å². The van der Waals surface area contributed by atoms with Gasteiger partial charge in [0.2, 0.25) is 5.91 Å². The predicted octanol–water partition coefficient (Wildman–Crippen LogP) is 5.25. The van der Waals surface area contributed by atoms with Gasteiger partial charge in [0.1, 0.15) is 23.4 Å². The molecule has 0 aliphatic carbocycles. The van der Waals surface area contributed by atoms with E-state index in [2.05, 4.69) is 10.3 Å². The van der Waals surface area contributed by atoms with E-state index in [4.69, 9.17) is 9.47 Å². The number of nitrogens with zero attached hydrogens (tertiary/aromatic N) is 4. The summed E-state index contributed by atoms with van der Waals surface area (Å²) in [6.45, 7) is 7.80. The molecule has 0 aliphatic rings. The first-order valence-electron chi connectivity index (χ1n) is 12.7. The summed E-state index contributed by atoms with van der Waals surface area (Å²) in [4.78, 5) is 29.5. The number of para-hydroxylation sites is 1. The molecule has 198 valence electrons. The van der Waals surface area contributed by atoms with Gasteiger partial charge in [0.05, 0.1) is 12.6 Å². The van der Waals surface area contributed by atoms with Crippen LogP contribution in [0.3, 0.4) is 0 Å². The third kappa shape index (κ3) is 6.02. The summed E-state index contributed by atoms with van der Waals surface area (Å²) in [7, 11) is 1.57. The molecule has 0 saturated heterocycles. The van der Waals surface area contributed by atoms with Gasteiger partial charge in [-0.05, 0) is 68.1 Å². The molecular weight excluding hydrogens is 480 g/mol. The van der Waals surface area contributed by atoms with Crippen molar-refractivity contribution in [2.24, 2.45) is 0 Å². The van der Waals surface area contributed by atoms with Gasteiger partial charge >= 0.3 is 5.97 Å². The SMILES string of the molecule is CCC(C)(C)OC(=O)[C@H](c1cccc(OC)c1)N(Cc1ccccc1C)C(=O)Cn1nnc2ccccc21. The molecule has 1 heterocycles. The van der Waals surface area contributed by atoms with Crippen LogP contribution in [0.5, 0.6) is 5.75 Å². The quantitative estimate of drug-likeness (QED) is 0.269. The van der Waals surface area contributed by atoms with E-state index in [0.717, 1.165) is 16.6 Å². The largest absolute Gasteiger partial charge is 0.497 e. The number of ether oxygens (including phenoxy) is 2. The van der Waals surface area contributed by atoms with Gasteiger partial charge in [0, 0.05) is 6.54 Å². The number of amides is 1. The molecule has 4 rings (SSSR count). The van der Waals surface area contributed by atoms with E-state index >= 15 is 0 Å². The van der Waals surface area contributed by atoms with Crippen LogP contribution in [0.2, 0.25) is 0 Å². The number of methoxy groups -OCH3 is 1. The average molecular weight is 515 g/mol. The van der Waals surface area contributed by atoms with Crippen molar-refractivity contribution in [1.29, 1.82) is 0 Å². The van der Waals surface area contributed by atoms with Crippen molar-refractivity contribution in [3.63, 3.8) is 0 Å². The summed E-state index contributed by atoms with van der Waals surface area (Å²) in [5.74, 6) is -0.209. The van der Waals surface area contributed by atoms with Crippen LogP contribution in [-0.4, -0.2) is 44.5 Å². The number of hydrogen-bond acceptors (Lipinski definition) is 6. The molecule has 8 nitrogen and oxygen atoms in total. The third-order valence-corrected chi connectivity index (χ3v) is 6.80. The number of aryl methyl sites for hydroxylation is 1. The maximum atomic E-state index is 14.1. The maximum absolute atomic E-state index is 14.1. The Labute approximate surface area is 223 Å². The molecule has 1 atom stereocenters. The summed E-state index contributed by atoms with van der Waals surface area (Å²) in [5.41, 5.74) is 3.28. The lowest BCUT2D eigenvalue weighted by Gasteiger charge is -2.34. The first-order chi connectivity index (χ1) is 18.2. The van der Waals surface area contributed by atoms with Gasteiger partial charge in [-0.2, -0.15) is 0 Å². The fourth-order valence-corrected chi connectivity index (χ4v) is 4.20. The molecule has 0 bridgehead atoms. The summed E-state index contributed by atoms with van der Waals surface area (Å²) in [6, 6.07) is 21.5. The smallest absolute Gasteiger partial charge is 0.334 e. The van der Waals surface area contributed by atoms with Crippen molar-refractivity contribution in [2.75, 3.05) is 7.11 Å². The highest BCUT2D eigenvalue weighted by Crippen LogP contribution is 2.31. The van der Waals surface area contributed by atoms with Gasteiger partial charge in [-0.25, -0.2) is 9.48 Å². The van der Waals surface area contributed by atoms with Crippen LogP contribution in [0.15, 0.2) is 72.8 Å². The standard InChI is InChI=1S/C30H34N4O4/c1-6-30(3,4)38-29(36)28(22-14-11-15-24(18-22)37-5)33(19-23-13-8-7-12-21(23)2)27(35)20-34-26-17-10-9-16-25(26)31-32-34/h7-18,28H,6,19-20H2,1-5H3/t28-/m0/s1. The second kappa shape index (κ2) is 11.5. The lowest BCUT2D eigenvalue weighted by atomic mass is 10.0. The molecule has 8 heteroatoms. The molecule has 0 saturated carbocycles. The number of benzene rings is 3. The number of fused-ring (bicyclic) bond motifs is 1. The predicted molar refractivity (Wildman–Crippen MR) is 145 cm³/mol. The molecule has 1 aromatic heterocycles. The van der Waals surface area contributed by atoms with Crippen LogP contribution >= 0.6 is 0 Å². The Morgan fingerprint density at radius 1 is 1.03 bits per heavy atom. The minimum Gasteiger partial charge on any atom is -0.497 e. The molecule has 0 spiro atoms. The molecule has 0 aliphatic heterocycles. The summed E-state index contributed by atoms with van der Waals surface area (Å²) in [6.07, 6.45) is 0.625. The lowest BCUT2D eigenvalue weighted by Crippen LogP contribution is -2.43. The van der Waals surface area contributed by atoms with Gasteiger partial charge in [0.25, 0.3) is 0 Å². The molecule has 38 heavy (non-hydrogen) atoms. The molecule has 0 fully saturated rings. The molecular formula is C30H34N4O4. The van der Waals surface area contributed by atoms with Crippen LogP contribution in [0, 0.1) is 6.92 Å². The number of carbonyl (C=O) groups is 2. The molecule has 4 aromatic rings. The van der Waals surface area contributed by atoms with Gasteiger partial charge in [-0.3, -0.25) is 4.79 Å². The first kappa shape index (κ1) is 26.9. The summed E-state index contributed by atoms with van der Waals surface area (Å²) < 4.78 is 13.0. The molecule has 3 aromatic carbocycles. The van der Waals surface area contributed by atoms with Gasteiger partial charge < -0.3 is 14.4 Å². The van der Waals surface area contributed by atoms with Crippen molar-refractivity contribution < 1.29 is 19.1 Å². The van der Waals surface area contributed by atoms with E-state index in [-0.39, 0.29) is 19.0 Å². The summed E-state index contributed by atoms with van der Waals surface area (Å²) in [5, 5.41) is 8.39. The second-order valence-corrected chi connectivity index (χ2v) is 9.90. The maximum Gasteiger partial charge on any atom is 0.334 e. The number of esters is 1. The van der Waals surface area contributed by atoms with Crippen molar-refractivity contribution in [2.45, 2.75) is 58.8 Å². The Hall–Kier alpha value is -4.20. The van der Waals surface area contributed by atoms with E-state index < -0.39 is 17.6 Å². The Balaban J connectivity index is 1.80. The third-order valence-electron chi connectivity index (χ3n) is 6.80. The number of aromatic nitrogens is 3. The van der Waals surface area contributed by atoms with Gasteiger partial charge in [-0.1, -0.05) is 60.7 Å². The van der Waals surface area contributed by atoms with Crippen LogP contribution in [0.1, 0.15) is 49.9 Å². The van der Waals surface area contributed by atoms with Crippen LogP contribution in [-0.2, 0) is 27.4 Å². The highest BCUT2D eigenvalue weighted by molar-refractivity contribution is 5.87. The fraction of sp³-hybridized carbons (Fsp3) is 0.333. The zero-order valence-corrected chi connectivity index (χ0v) is 22.5. The number of carbonyl (C=O) groups excluding carboxylic acids is 2. The number of hydrogen-bond donors (Lipinski definition) is 0. The Morgan fingerprint density at radius 3 is 2.50 bits per heavy atom. The molecule has 1 amide bonds. The zero-order valence-electron chi connectivity index (χ0n) is 22.5. The second-order valence-electron chi connectivity index (χ2n) is 9.90. The van der Waals surface area contributed by atoms with E-state index in [9.17, 15) is 9.59 Å². The summed E-state index contributed by atoms with van der Waals surface area (Å²) >= 11 is 0. The molecule has 0 N–H and O–H groups in total. The fourth-order valence-electron chi connectivity index (χ4n) is 4.20. The van der Waals surface area contributed by atoms with Crippen molar-refractivity contribution in [1.82, 2.24) is 19.9 Å². The Morgan fingerprint density at radius 2 is 1.76 bits per heavy atom. The minimum absolute atomic E-state index is 0.0860. The van der Waals surface area contributed by atoms with E-state index in [1.807, 2.05) is 82.3 Å². The van der Waals surface area contributed by atoms with Crippen molar-refractivity contribution >= 4 is 22.9 Å². The monoisotopic (exact) mass is 514 g/mol. The van der Waals surface area contributed by atoms with Crippen LogP contribution in [0.4, 0.5) is 0 Å². The van der Waals surface area contributed by atoms with Crippen LogP contribution < -0.4 is 4.74 Å².